The van der Waals surface area contributed by atoms with Gasteiger partial charge >= 0.3 is 6.09 Å². The SMILES string of the molecule is C[C@@H](CC(C)(C)COS(C)(=O)=O)NC(=O)OC(C)(C)C. The minimum absolute atomic E-state index is 0.0756. The van der Waals surface area contributed by atoms with Crippen molar-refractivity contribution in [1.82, 2.24) is 5.32 Å². The molecule has 0 aliphatic rings. The number of rotatable bonds is 6. The van der Waals surface area contributed by atoms with Crippen molar-refractivity contribution in [3.63, 3.8) is 0 Å². The Labute approximate surface area is 122 Å². The van der Waals surface area contributed by atoms with E-state index in [1.807, 2.05) is 20.8 Å². The summed E-state index contributed by atoms with van der Waals surface area (Å²) < 4.78 is 31.9. The molecule has 1 N–H and O–H groups in total. The molecule has 0 unspecified atom stereocenters. The molecule has 0 heterocycles. The smallest absolute Gasteiger partial charge is 0.407 e. The van der Waals surface area contributed by atoms with Gasteiger partial charge in [0.15, 0.2) is 0 Å². The molecular formula is C13H27NO5S. The maximum atomic E-state index is 11.6. The molecule has 0 fully saturated rings. The molecule has 0 spiro atoms. The third kappa shape index (κ3) is 11.0. The van der Waals surface area contributed by atoms with Gasteiger partial charge in [-0.3, -0.25) is 4.18 Å². The number of hydrogen-bond acceptors (Lipinski definition) is 5. The third-order valence-electron chi connectivity index (χ3n) is 2.29. The summed E-state index contributed by atoms with van der Waals surface area (Å²) in [4.78, 5) is 11.6. The molecule has 20 heavy (non-hydrogen) atoms. The molecule has 0 aliphatic carbocycles. The number of carbonyl (C=O) groups is 1. The van der Waals surface area contributed by atoms with E-state index in [1.54, 1.807) is 20.8 Å². The summed E-state index contributed by atoms with van der Waals surface area (Å²) in [5.74, 6) is 0. The van der Waals surface area contributed by atoms with E-state index >= 15 is 0 Å². The van der Waals surface area contributed by atoms with Gasteiger partial charge in [0.05, 0.1) is 12.9 Å². The topological polar surface area (TPSA) is 81.7 Å². The van der Waals surface area contributed by atoms with E-state index in [4.69, 9.17) is 8.92 Å². The maximum Gasteiger partial charge on any atom is 0.407 e. The second-order valence-corrected chi connectivity index (χ2v) is 8.53. The molecular weight excluding hydrogens is 282 g/mol. The quantitative estimate of drug-likeness (QED) is 0.761. The number of ether oxygens (including phenoxy) is 1. The Morgan fingerprint density at radius 3 is 2.10 bits per heavy atom. The van der Waals surface area contributed by atoms with Crippen molar-refractivity contribution in [3.05, 3.63) is 0 Å². The summed E-state index contributed by atoms with van der Waals surface area (Å²) in [7, 11) is -3.45. The fourth-order valence-electron chi connectivity index (χ4n) is 1.71. The lowest BCUT2D eigenvalue weighted by atomic mass is 9.87. The van der Waals surface area contributed by atoms with Crippen LogP contribution in [0.5, 0.6) is 0 Å². The fraction of sp³-hybridized carbons (Fsp3) is 0.923. The number of amides is 1. The van der Waals surface area contributed by atoms with Crippen molar-refractivity contribution in [2.24, 2.45) is 5.41 Å². The predicted molar refractivity (Wildman–Crippen MR) is 78.0 cm³/mol. The van der Waals surface area contributed by atoms with Crippen molar-refractivity contribution in [1.29, 1.82) is 0 Å². The van der Waals surface area contributed by atoms with Crippen LogP contribution < -0.4 is 5.32 Å². The van der Waals surface area contributed by atoms with E-state index in [2.05, 4.69) is 5.32 Å². The van der Waals surface area contributed by atoms with Gasteiger partial charge in [-0.1, -0.05) is 13.8 Å². The second kappa shape index (κ2) is 6.76. The normalized spacial score (nSPS) is 14.8. The first-order valence-corrected chi connectivity index (χ1v) is 8.36. The highest BCUT2D eigenvalue weighted by molar-refractivity contribution is 7.85. The van der Waals surface area contributed by atoms with Crippen LogP contribution in [0.25, 0.3) is 0 Å². The summed E-state index contributed by atoms with van der Waals surface area (Å²) in [6, 6.07) is -0.150. The lowest BCUT2D eigenvalue weighted by Gasteiger charge is -2.28. The van der Waals surface area contributed by atoms with Crippen molar-refractivity contribution in [2.75, 3.05) is 12.9 Å². The highest BCUT2D eigenvalue weighted by atomic mass is 32.2. The van der Waals surface area contributed by atoms with E-state index in [0.29, 0.717) is 6.42 Å². The lowest BCUT2D eigenvalue weighted by molar-refractivity contribution is 0.0488. The maximum absolute atomic E-state index is 11.6. The molecule has 0 aromatic rings. The highest BCUT2D eigenvalue weighted by Crippen LogP contribution is 2.23. The number of hydrogen-bond donors (Lipinski definition) is 1. The van der Waals surface area contributed by atoms with E-state index in [0.717, 1.165) is 6.26 Å². The molecule has 1 amide bonds. The van der Waals surface area contributed by atoms with Gasteiger partial charge in [-0.25, -0.2) is 4.79 Å². The van der Waals surface area contributed by atoms with E-state index in [-0.39, 0.29) is 18.1 Å². The Bertz CT molecular complexity index is 423. The minimum Gasteiger partial charge on any atom is -0.444 e. The molecule has 0 rings (SSSR count). The average Bonchev–Trinajstić information content (AvgIpc) is 2.08. The Kier molecular flexibility index (Phi) is 6.48. The molecule has 0 aromatic heterocycles. The molecule has 0 aromatic carbocycles. The first kappa shape index (κ1) is 19.2. The fourth-order valence-corrected chi connectivity index (χ4v) is 2.25. The van der Waals surface area contributed by atoms with Gasteiger partial charge in [-0.05, 0) is 39.5 Å². The molecule has 7 heteroatoms. The number of carbonyl (C=O) groups excluding carboxylic acids is 1. The van der Waals surface area contributed by atoms with Gasteiger partial charge in [0.25, 0.3) is 10.1 Å². The van der Waals surface area contributed by atoms with Gasteiger partial charge in [0.1, 0.15) is 5.60 Å². The van der Waals surface area contributed by atoms with Gasteiger partial charge < -0.3 is 10.1 Å². The summed E-state index contributed by atoms with van der Waals surface area (Å²) in [5.41, 5.74) is -0.920. The molecule has 1 atom stereocenters. The van der Waals surface area contributed by atoms with Crippen LogP contribution in [0.1, 0.15) is 48.0 Å². The first-order valence-electron chi connectivity index (χ1n) is 6.54. The summed E-state index contributed by atoms with van der Waals surface area (Å²) in [5, 5.41) is 2.72. The zero-order chi connectivity index (χ0) is 16.2. The summed E-state index contributed by atoms with van der Waals surface area (Å²) in [6.45, 7) is 11.1. The summed E-state index contributed by atoms with van der Waals surface area (Å²) >= 11 is 0. The molecule has 0 bridgehead atoms. The van der Waals surface area contributed by atoms with Crippen molar-refractivity contribution < 1.29 is 22.1 Å². The Balaban J connectivity index is 4.31. The van der Waals surface area contributed by atoms with Crippen LogP contribution in [-0.2, 0) is 19.0 Å². The van der Waals surface area contributed by atoms with Crippen LogP contribution in [0.15, 0.2) is 0 Å². The Morgan fingerprint density at radius 2 is 1.70 bits per heavy atom. The number of alkyl carbamates (subject to hydrolysis) is 1. The minimum atomic E-state index is -3.45. The monoisotopic (exact) mass is 309 g/mol. The van der Waals surface area contributed by atoms with E-state index < -0.39 is 21.8 Å². The van der Waals surface area contributed by atoms with Crippen molar-refractivity contribution >= 4 is 16.2 Å². The van der Waals surface area contributed by atoms with E-state index in [1.165, 1.54) is 0 Å². The molecule has 0 saturated heterocycles. The Hall–Kier alpha value is -0.820. The van der Waals surface area contributed by atoms with Gasteiger partial charge in [0.2, 0.25) is 0 Å². The van der Waals surface area contributed by atoms with Crippen LogP contribution in [0.4, 0.5) is 4.79 Å². The number of nitrogens with one attached hydrogen (secondary N) is 1. The average molecular weight is 309 g/mol. The van der Waals surface area contributed by atoms with Gasteiger partial charge in [-0.2, -0.15) is 8.42 Å². The molecule has 0 aliphatic heterocycles. The molecule has 0 saturated carbocycles. The Morgan fingerprint density at radius 1 is 1.20 bits per heavy atom. The predicted octanol–water partition coefficient (Wildman–Crippen LogP) is 2.29. The third-order valence-corrected chi connectivity index (χ3v) is 2.83. The first-order chi connectivity index (χ1) is 8.70. The second-order valence-electron chi connectivity index (χ2n) is 6.88. The largest absolute Gasteiger partial charge is 0.444 e. The van der Waals surface area contributed by atoms with Crippen LogP contribution in [0.2, 0.25) is 0 Å². The molecule has 120 valence electrons. The zero-order valence-electron chi connectivity index (χ0n) is 13.4. The van der Waals surface area contributed by atoms with Crippen LogP contribution in [-0.4, -0.2) is 39.0 Å². The van der Waals surface area contributed by atoms with Crippen LogP contribution in [0, 0.1) is 5.41 Å². The zero-order valence-corrected chi connectivity index (χ0v) is 14.3. The summed E-state index contributed by atoms with van der Waals surface area (Å²) in [6.07, 6.45) is 1.11. The van der Waals surface area contributed by atoms with Gasteiger partial charge in [0, 0.05) is 6.04 Å². The van der Waals surface area contributed by atoms with Gasteiger partial charge in [-0.15, -0.1) is 0 Å². The lowest BCUT2D eigenvalue weighted by Crippen LogP contribution is -2.40. The van der Waals surface area contributed by atoms with E-state index in [9.17, 15) is 13.2 Å². The standard InChI is InChI=1S/C13H27NO5S/c1-10(14-11(15)19-12(2,3)4)8-13(5,6)9-18-20(7,16)17/h10H,8-9H2,1-7H3,(H,14,15)/t10-/m0/s1. The molecule has 6 nitrogen and oxygen atoms in total. The van der Waals surface area contributed by atoms with Crippen molar-refractivity contribution in [2.45, 2.75) is 59.6 Å². The highest BCUT2D eigenvalue weighted by Gasteiger charge is 2.25. The molecule has 0 radical (unpaired) electrons. The van der Waals surface area contributed by atoms with Crippen LogP contribution in [0.3, 0.4) is 0 Å². The van der Waals surface area contributed by atoms with Crippen molar-refractivity contribution in [3.8, 4) is 0 Å². The van der Waals surface area contributed by atoms with Crippen LogP contribution >= 0.6 is 0 Å².